The number of ether oxygens (including phenoxy) is 1. The fourth-order valence-corrected chi connectivity index (χ4v) is 6.53. The van der Waals surface area contributed by atoms with E-state index in [1.165, 1.54) is 18.2 Å². The number of nitrogens with zero attached hydrogens (tertiary/aromatic N) is 1. The summed E-state index contributed by atoms with van der Waals surface area (Å²) in [5, 5.41) is 2.74. The van der Waals surface area contributed by atoms with Gasteiger partial charge in [0.25, 0.3) is 5.91 Å². The summed E-state index contributed by atoms with van der Waals surface area (Å²) >= 11 is 0. The first kappa shape index (κ1) is 25.0. The maximum atomic E-state index is 14.7. The van der Waals surface area contributed by atoms with E-state index in [0.717, 1.165) is 23.1 Å². The van der Waals surface area contributed by atoms with Crippen molar-refractivity contribution in [3.05, 3.63) is 53.3 Å². The summed E-state index contributed by atoms with van der Waals surface area (Å²) in [6, 6.07) is 6.60. The van der Waals surface area contributed by atoms with E-state index >= 15 is 0 Å². The third-order valence-electron chi connectivity index (χ3n) is 6.22. The molecular formula is C23H22F4N2O5S. The number of carbonyl (C=O) groups is 2. The summed E-state index contributed by atoms with van der Waals surface area (Å²) in [6.07, 6.45) is -4.74. The molecule has 1 atom stereocenters. The Morgan fingerprint density at radius 1 is 1.09 bits per heavy atom. The molecule has 7 nitrogen and oxygen atoms in total. The number of carbonyl (C=O) groups excluding carboxylic acids is 2. The van der Waals surface area contributed by atoms with Gasteiger partial charge in [-0.15, -0.1) is 13.2 Å². The zero-order valence-corrected chi connectivity index (χ0v) is 19.8. The molecule has 4 rings (SSSR count). The van der Waals surface area contributed by atoms with Crippen LogP contribution in [0.1, 0.15) is 43.1 Å². The van der Waals surface area contributed by atoms with Gasteiger partial charge in [0, 0.05) is 11.6 Å². The Kier molecular flexibility index (Phi) is 5.66. The summed E-state index contributed by atoms with van der Waals surface area (Å²) in [6.45, 7) is 4.74. The van der Waals surface area contributed by atoms with Gasteiger partial charge in [-0.1, -0.05) is 0 Å². The van der Waals surface area contributed by atoms with Crippen LogP contribution in [0.4, 0.5) is 28.9 Å². The lowest BCUT2D eigenvalue weighted by Gasteiger charge is -2.24. The van der Waals surface area contributed by atoms with Crippen LogP contribution in [0.15, 0.2) is 36.4 Å². The number of anilines is 2. The van der Waals surface area contributed by atoms with Crippen molar-refractivity contribution in [2.45, 2.75) is 44.5 Å². The smallest absolute Gasteiger partial charge is 0.406 e. The van der Waals surface area contributed by atoms with Gasteiger partial charge in [0.2, 0.25) is 5.91 Å². The van der Waals surface area contributed by atoms with Crippen molar-refractivity contribution < 1.29 is 40.3 Å². The molecule has 1 N–H and O–H groups in total. The summed E-state index contributed by atoms with van der Waals surface area (Å²) in [5.74, 6) is -3.00. The van der Waals surface area contributed by atoms with Crippen LogP contribution in [0.25, 0.3) is 0 Å². The van der Waals surface area contributed by atoms with E-state index in [1.807, 2.05) is 0 Å². The molecule has 0 unspecified atom stereocenters. The van der Waals surface area contributed by atoms with Crippen LogP contribution in [-0.4, -0.2) is 43.6 Å². The molecule has 2 aromatic carbocycles. The number of halogens is 4. The molecule has 0 spiro atoms. The molecule has 0 saturated carbocycles. The Hall–Kier alpha value is -3.15. The average molecular weight is 514 g/mol. The molecule has 2 heterocycles. The molecule has 2 aromatic rings. The van der Waals surface area contributed by atoms with Crippen LogP contribution in [-0.2, 0) is 20.0 Å². The van der Waals surface area contributed by atoms with Gasteiger partial charge in [-0.05, 0) is 63.1 Å². The summed E-state index contributed by atoms with van der Waals surface area (Å²) in [7, 11) is -3.26. The highest BCUT2D eigenvalue weighted by Crippen LogP contribution is 2.47. The quantitative estimate of drug-likeness (QED) is 0.623. The van der Waals surface area contributed by atoms with Gasteiger partial charge in [-0.2, -0.15) is 0 Å². The topological polar surface area (TPSA) is 92.8 Å². The Bertz CT molecular complexity index is 1340. The average Bonchev–Trinajstić information content (AvgIpc) is 3.11. The monoisotopic (exact) mass is 514 g/mol. The lowest BCUT2D eigenvalue weighted by molar-refractivity contribution is -0.274. The minimum atomic E-state index is -5.00. The van der Waals surface area contributed by atoms with E-state index in [1.54, 1.807) is 20.8 Å². The van der Waals surface area contributed by atoms with Crippen molar-refractivity contribution in [3.63, 3.8) is 0 Å². The summed E-state index contributed by atoms with van der Waals surface area (Å²) in [5.41, 5.74) is -1.88. The first-order chi connectivity index (χ1) is 16.0. The Labute approximate surface area is 199 Å². The highest BCUT2D eigenvalue weighted by Gasteiger charge is 2.46. The normalized spacial score (nSPS) is 22.7. The molecule has 0 aromatic heterocycles. The van der Waals surface area contributed by atoms with Crippen molar-refractivity contribution in [1.82, 2.24) is 5.32 Å². The van der Waals surface area contributed by atoms with Gasteiger partial charge in [0.15, 0.2) is 9.84 Å². The maximum Gasteiger partial charge on any atom is 0.573 e. The number of hydrogen-bond acceptors (Lipinski definition) is 5. The molecule has 35 heavy (non-hydrogen) atoms. The summed E-state index contributed by atoms with van der Waals surface area (Å²) in [4.78, 5) is 27.1. The molecule has 1 fully saturated rings. The van der Waals surface area contributed by atoms with Crippen LogP contribution < -0.4 is 15.0 Å². The van der Waals surface area contributed by atoms with E-state index in [9.17, 15) is 35.6 Å². The van der Waals surface area contributed by atoms with Crippen LogP contribution in [0.3, 0.4) is 0 Å². The highest BCUT2D eigenvalue weighted by molar-refractivity contribution is 7.91. The van der Waals surface area contributed by atoms with Crippen LogP contribution in [0.2, 0.25) is 0 Å². The number of hydrogen-bond donors (Lipinski definition) is 1. The summed E-state index contributed by atoms with van der Waals surface area (Å²) < 4.78 is 80.2. The first-order valence-corrected chi connectivity index (χ1v) is 12.4. The number of benzene rings is 2. The van der Waals surface area contributed by atoms with E-state index < -0.39 is 56.2 Å². The first-order valence-electron chi connectivity index (χ1n) is 10.6. The highest BCUT2D eigenvalue weighted by atomic mass is 32.2. The van der Waals surface area contributed by atoms with Crippen molar-refractivity contribution in [2.24, 2.45) is 0 Å². The van der Waals surface area contributed by atoms with Crippen LogP contribution in [0.5, 0.6) is 5.75 Å². The fraction of sp³-hybridized carbons (Fsp3) is 0.391. The minimum Gasteiger partial charge on any atom is -0.406 e. The van der Waals surface area contributed by atoms with Crippen molar-refractivity contribution >= 4 is 33.0 Å². The van der Waals surface area contributed by atoms with Crippen LogP contribution >= 0.6 is 0 Å². The Morgan fingerprint density at radius 3 is 2.37 bits per heavy atom. The second-order valence-corrected chi connectivity index (χ2v) is 11.7. The van der Waals surface area contributed by atoms with Gasteiger partial charge < -0.3 is 10.1 Å². The molecule has 1 saturated heterocycles. The van der Waals surface area contributed by atoms with Gasteiger partial charge >= 0.3 is 6.36 Å². The van der Waals surface area contributed by atoms with Crippen molar-refractivity contribution in [2.75, 3.05) is 16.4 Å². The molecule has 2 aliphatic rings. The van der Waals surface area contributed by atoms with Gasteiger partial charge in [0.1, 0.15) is 11.6 Å². The third kappa shape index (κ3) is 4.71. The zero-order valence-electron chi connectivity index (χ0n) is 19.0. The second-order valence-electron chi connectivity index (χ2n) is 9.52. The molecule has 0 bridgehead atoms. The van der Waals surface area contributed by atoms with Gasteiger partial charge in [-0.25, -0.2) is 12.8 Å². The van der Waals surface area contributed by atoms with Crippen molar-refractivity contribution in [1.29, 1.82) is 0 Å². The second kappa shape index (κ2) is 7.94. The molecular weight excluding hydrogens is 492 g/mol. The predicted molar refractivity (Wildman–Crippen MR) is 119 cm³/mol. The largest absolute Gasteiger partial charge is 0.573 e. The zero-order chi connectivity index (χ0) is 26.0. The third-order valence-corrected chi connectivity index (χ3v) is 8.12. The minimum absolute atomic E-state index is 0.0346. The number of alkyl halides is 3. The van der Waals surface area contributed by atoms with Crippen LogP contribution in [0, 0.1) is 5.82 Å². The van der Waals surface area contributed by atoms with E-state index in [-0.39, 0.29) is 29.2 Å². The van der Waals surface area contributed by atoms with Gasteiger partial charge in [0.05, 0.1) is 33.8 Å². The van der Waals surface area contributed by atoms with Crippen molar-refractivity contribution in [3.8, 4) is 5.75 Å². The number of amides is 2. The molecule has 188 valence electrons. The number of nitrogens with one attached hydrogen (secondary N) is 1. The number of fused-ring (bicyclic) bond motifs is 1. The van der Waals surface area contributed by atoms with E-state index in [0.29, 0.717) is 5.56 Å². The van der Waals surface area contributed by atoms with E-state index in [4.69, 9.17) is 0 Å². The number of rotatable bonds is 4. The molecule has 12 heteroatoms. The predicted octanol–water partition coefficient (Wildman–Crippen LogP) is 3.99. The Balaban J connectivity index is 1.70. The van der Waals surface area contributed by atoms with E-state index in [2.05, 4.69) is 10.1 Å². The molecule has 2 amide bonds. The molecule has 2 aliphatic heterocycles. The number of sulfone groups is 1. The standard InChI is InChI=1S/C23H22F4N2O5S/c1-21(2)15-10-13(19(30)28-22(3)8-9-35(32,33)12-22)4-7-17(15)29(20(21)31)18-11-14(5-6-16(18)24)34-23(25,26)27/h4-7,10-11H,8-9,12H2,1-3H3,(H,28,30)/t22-/m1/s1. The lowest BCUT2D eigenvalue weighted by atomic mass is 9.85. The SMILES string of the molecule is CC1(C)C(=O)N(c2cc(OC(F)(F)F)ccc2F)c2ccc(C(=O)N[C@]3(C)CCS(=O)(=O)C3)cc21. The molecule has 0 radical (unpaired) electrons. The molecule has 0 aliphatic carbocycles. The lowest BCUT2D eigenvalue weighted by Crippen LogP contribution is -2.46. The van der Waals surface area contributed by atoms with Gasteiger partial charge in [-0.3, -0.25) is 14.5 Å². The Morgan fingerprint density at radius 2 is 1.77 bits per heavy atom. The fourth-order valence-electron chi connectivity index (χ4n) is 4.43. The maximum absolute atomic E-state index is 14.7.